The predicted molar refractivity (Wildman–Crippen MR) is 78.0 cm³/mol. The molecule has 114 valence electrons. The molecule has 0 aliphatic carbocycles. The Balaban J connectivity index is 1.98. The molecule has 1 aromatic heterocycles. The first kappa shape index (κ1) is 15.2. The number of amides is 2. The zero-order chi connectivity index (χ0) is 15.4. The van der Waals surface area contributed by atoms with Crippen molar-refractivity contribution >= 4 is 17.7 Å². The number of hydrogen-bond donors (Lipinski definition) is 3. The smallest absolute Gasteiger partial charge is 0.337 e. The van der Waals surface area contributed by atoms with E-state index in [2.05, 4.69) is 29.6 Å². The van der Waals surface area contributed by atoms with Crippen LogP contribution < -0.4 is 10.7 Å². The van der Waals surface area contributed by atoms with Gasteiger partial charge in [0, 0.05) is 18.3 Å². The van der Waals surface area contributed by atoms with Crippen molar-refractivity contribution in [1.82, 2.24) is 15.4 Å². The number of carbonyl (C=O) groups excluding carboxylic acids is 1. The normalized spacial score (nSPS) is 22.6. The summed E-state index contributed by atoms with van der Waals surface area (Å²) in [6.45, 7) is 4.14. The number of rotatable bonds is 3. The average Bonchev–Trinajstić information content (AvgIpc) is 2.43. The van der Waals surface area contributed by atoms with E-state index in [1.165, 1.54) is 18.5 Å². The van der Waals surface area contributed by atoms with Crippen molar-refractivity contribution in [1.29, 1.82) is 0 Å². The van der Waals surface area contributed by atoms with Crippen molar-refractivity contribution < 1.29 is 14.7 Å². The van der Waals surface area contributed by atoms with Gasteiger partial charge in [-0.2, -0.15) is 0 Å². The zero-order valence-corrected chi connectivity index (χ0v) is 12.2. The van der Waals surface area contributed by atoms with E-state index >= 15 is 0 Å². The number of aromatic nitrogens is 1. The molecule has 1 fully saturated rings. The fourth-order valence-corrected chi connectivity index (χ4v) is 2.54. The van der Waals surface area contributed by atoms with E-state index in [4.69, 9.17) is 5.11 Å². The first-order valence-electron chi connectivity index (χ1n) is 7.01. The fraction of sp³-hybridized carbons (Fsp3) is 0.500. The van der Waals surface area contributed by atoms with Crippen LogP contribution in [-0.4, -0.2) is 39.2 Å². The van der Waals surface area contributed by atoms with E-state index in [0.717, 1.165) is 19.3 Å². The lowest BCUT2D eigenvalue weighted by Crippen LogP contribution is -2.55. The third-order valence-electron chi connectivity index (χ3n) is 3.67. The summed E-state index contributed by atoms with van der Waals surface area (Å²) in [4.78, 5) is 26.7. The minimum Gasteiger partial charge on any atom is -0.478 e. The van der Waals surface area contributed by atoms with Gasteiger partial charge in [0.15, 0.2) is 0 Å². The van der Waals surface area contributed by atoms with Crippen LogP contribution in [0.25, 0.3) is 0 Å². The van der Waals surface area contributed by atoms with Gasteiger partial charge >= 0.3 is 12.0 Å². The SMILES string of the molecule is CC1CCCC(C)N1NC(=O)Nc1cncc(C(=O)O)c1. The molecule has 0 radical (unpaired) electrons. The number of carboxylic acids is 1. The van der Waals surface area contributed by atoms with Crippen LogP contribution in [0.2, 0.25) is 0 Å². The Hall–Kier alpha value is -2.15. The molecule has 21 heavy (non-hydrogen) atoms. The molecule has 0 aromatic carbocycles. The number of nitrogens with one attached hydrogen (secondary N) is 2. The molecule has 2 unspecified atom stereocenters. The summed E-state index contributed by atoms with van der Waals surface area (Å²) in [5.41, 5.74) is 3.21. The van der Waals surface area contributed by atoms with Crippen LogP contribution in [0.5, 0.6) is 0 Å². The number of aromatic carboxylic acids is 1. The Bertz CT molecular complexity index is 525. The van der Waals surface area contributed by atoms with Crippen LogP contribution >= 0.6 is 0 Å². The minimum atomic E-state index is -1.08. The Labute approximate surface area is 123 Å². The van der Waals surface area contributed by atoms with Crippen molar-refractivity contribution in [2.24, 2.45) is 0 Å². The first-order chi connectivity index (χ1) is 9.97. The minimum absolute atomic E-state index is 0.0347. The lowest BCUT2D eigenvalue weighted by atomic mass is 10.00. The highest BCUT2D eigenvalue weighted by molar-refractivity contribution is 5.92. The van der Waals surface area contributed by atoms with Gasteiger partial charge in [-0.1, -0.05) is 6.42 Å². The highest BCUT2D eigenvalue weighted by Crippen LogP contribution is 2.20. The molecule has 2 rings (SSSR count). The van der Waals surface area contributed by atoms with Gasteiger partial charge in [0.25, 0.3) is 0 Å². The van der Waals surface area contributed by atoms with Crippen LogP contribution in [0.4, 0.5) is 10.5 Å². The number of carbonyl (C=O) groups is 2. The Morgan fingerprint density at radius 1 is 1.29 bits per heavy atom. The summed E-state index contributed by atoms with van der Waals surface area (Å²) < 4.78 is 0. The van der Waals surface area contributed by atoms with E-state index in [0.29, 0.717) is 5.69 Å². The standard InChI is InChI=1S/C14H20N4O3/c1-9-4-3-5-10(2)18(9)17-14(21)16-12-6-11(13(19)20)7-15-8-12/h6-10H,3-5H2,1-2H3,(H,19,20)(H2,16,17,21). The molecular formula is C14H20N4O3. The van der Waals surface area contributed by atoms with Crippen LogP contribution in [0.1, 0.15) is 43.5 Å². The van der Waals surface area contributed by atoms with Crippen molar-refractivity contribution in [2.75, 3.05) is 5.32 Å². The van der Waals surface area contributed by atoms with Gasteiger partial charge in [-0.3, -0.25) is 10.4 Å². The molecule has 1 aromatic rings. The van der Waals surface area contributed by atoms with Crippen molar-refractivity contribution in [3.8, 4) is 0 Å². The molecule has 0 spiro atoms. The van der Waals surface area contributed by atoms with Crippen molar-refractivity contribution in [3.05, 3.63) is 24.0 Å². The average molecular weight is 292 g/mol. The topological polar surface area (TPSA) is 94.6 Å². The van der Waals surface area contributed by atoms with Crippen LogP contribution in [0.15, 0.2) is 18.5 Å². The summed E-state index contributed by atoms with van der Waals surface area (Å²) >= 11 is 0. The van der Waals surface area contributed by atoms with E-state index in [1.807, 2.05) is 5.01 Å². The first-order valence-corrected chi connectivity index (χ1v) is 7.01. The van der Waals surface area contributed by atoms with Crippen LogP contribution in [-0.2, 0) is 0 Å². The number of pyridine rings is 1. The second-order valence-corrected chi connectivity index (χ2v) is 5.37. The summed E-state index contributed by atoms with van der Waals surface area (Å²) in [5.74, 6) is -1.08. The molecule has 3 N–H and O–H groups in total. The maximum absolute atomic E-state index is 12.0. The van der Waals surface area contributed by atoms with Crippen molar-refractivity contribution in [3.63, 3.8) is 0 Å². The van der Waals surface area contributed by atoms with Gasteiger partial charge < -0.3 is 10.4 Å². The van der Waals surface area contributed by atoms with E-state index < -0.39 is 5.97 Å². The molecule has 2 atom stereocenters. The molecule has 0 saturated carbocycles. The van der Waals surface area contributed by atoms with Gasteiger partial charge in [0.2, 0.25) is 0 Å². The lowest BCUT2D eigenvalue weighted by Gasteiger charge is -2.38. The van der Waals surface area contributed by atoms with E-state index in [9.17, 15) is 9.59 Å². The van der Waals surface area contributed by atoms with Gasteiger partial charge in [-0.05, 0) is 32.8 Å². The monoisotopic (exact) mass is 292 g/mol. The van der Waals surface area contributed by atoms with Gasteiger partial charge in [0.05, 0.1) is 17.4 Å². The fourth-order valence-electron chi connectivity index (χ4n) is 2.54. The summed E-state index contributed by atoms with van der Waals surface area (Å²) in [6.07, 6.45) is 5.89. The lowest BCUT2D eigenvalue weighted by molar-refractivity contribution is 0.0625. The molecule has 1 saturated heterocycles. The summed E-state index contributed by atoms with van der Waals surface area (Å²) in [6, 6.07) is 1.55. The number of nitrogens with zero attached hydrogens (tertiary/aromatic N) is 2. The quantitative estimate of drug-likeness (QED) is 0.793. The highest BCUT2D eigenvalue weighted by atomic mass is 16.4. The molecule has 2 heterocycles. The molecule has 0 bridgehead atoms. The Morgan fingerprint density at radius 2 is 1.95 bits per heavy atom. The number of urea groups is 1. The maximum Gasteiger partial charge on any atom is 0.337 e. The Morgan fingerprint density at radius 3 is 2.57 bits per heavy atom. The number of carboxylic acid groups (broad SMARTS) is 1. The summed E-state index contributed by atoms with van der Waals surface area (Å²) in [5, 5.41) is 13.4. The molecule has 7 nitrogen and oxygen atoms in total. The van der Waals surface area contributed by atoms with Crippen LogP contribution in [0, 0.1) is 0 Å². The zero-order valence-electron chi connectivity index (χ0n) is 12.2. The molecule has 2 amide bonds. The second kappa shape index (κ2) is 6.53. The third-order valence-corrected chi connectivity index (χ3v) is 3.67. The van der Waals surface area contributed by atoms with Gasteiger partial charge in [-0.25, -0.2) is 14.6 Å². The van der Waals surface area contributed by atoms with E-state index in [1.54, 1.807) is 0 Å². The number of hydrazine groups is 1. The highest BCUT2D eigenvalue weighted by Gasteiger charge is 2.26. The second-order valence-electron chi connectivity index (χ2n) is 5.37. The maximum atomic E-state index is 12.0. The van der Waals surface area contributed by atoms with Gasteiger partial charge in [0.1, 0.15) is 0 Å². The predicted octanol–water partition coefficient (Wildman–Crippen LogP) is 2.08. The molecule has 1 aliphatic rings. The van der Waals surface area contributed by atoms with Crippen molar-refractivity contribution in [2.45, 2.75) is 45.2 Å². The number of anilines is 1. The Kier molecular flexibility index (Phi) is 4.74. The number of hydrogen-bond acceptors (Lipinski definition) is 4. The summed E-state index contributed by atoms with van der Waals surface area (Å²) in [7, 11) is 0. The molecule has 1 aliphatic heterocycles. The third kappa shape index (κ3) is 3.91. The van der Waals surface area contributed by atoms with Gasteiger partial charge in [-0.15, -0.1) is 0 Å². The molecule has 7 heteroatoms. The molecular weight excluding hydrogens is 272 g/mol. The number of piperidine rings is 1. The van der Waals surface area contributed by atoms with Crippen LogP contribution in [0.3, 0.4) is 0 Å². The van der Waals surface area contributed by atoms with E-state index in [-0.39, 0.29) is 23.7 Å². The largest absolute Gasteiger partial charge is 0.478 e.